The van der Waals surface area contributed by atoms with Crippen LogP contribution in [-0.4, -0.2) is 16.8 Å². The monoisotopic (exact) mass is 184 g/mol. The average Bonchev–Trinajstić information content (AvgIpc) is 2.07. The van der Waals surface area contributed by atoms with Crippen molar-refractivity contribution in [2.45, 2.75) is 0 Å². The maximum atomic E-state index is 9.27. The molecule has 0 heterocycles. The highest BCUT2D eigenvalue weighted by Crippen LogP contribution is 2.22. The predicted molar refractivity (Wildman–Crippen MR) is 49.2 cm³/mol. The molecule has 0 amide bonds. The normalized spacial score (nSPS) is 10.8. The summed E-state index contributed by atoms with van der Waals surface area (Å²) >= 11 is 5.69. The van der Waals surface area contributed by atoms with Gasteiger partial charge in [-0.25, -0.2) is 0 Å². The molecule has 0 aromatic heterocycles. The summed E-state index contributed by atoms with van der Waals surface area (Å²) in [6, 6.07) is 4.75. The van der Waals surface area contributed by atoms with Gasteiger partial charge in [0.05, 0.1) is 6.61 Å². The summed E-state index contributed by atoms with van der Waals surface area (Å²) in [5.74, 6) is 0.157. The number of benzene rings is 1. The first-order valence-electron chi connectivity index (χ1n) is 3.50. The largest absolute Gasteiger partial charge is 0.507 e. The van der Waals surface area contributed by atoms with Gasteiger partial charge >= 0.3 is 0 Å². The van der Waals surface area contributed by atoms with Gasteiger partial charge in [0.1, 0.15) is 5.75 Å². The van der Waals surface area contributed by atoms with Gasteiger partial charge in [0.15, 0.2) is 0 Å². The molecule has 0 fully saturated rings. The first kappa shape index (κ1) is 9.10. The summed E-state index contributed by atoms with van der Waals surface area (Å²) in [6.45, 7) is -0.0496. The Kier molecular flexibility index (Phi) is 3.14. The molecule has 2 nitrogen and oxygen atoms in total. The Bertz CT molecular complexity index is 295. The van der Waals surface area contributed by atoms with Crippen LogP contribution in [-0.2, 0) is 0 Å². The van der Waals surface area contributed by atoms with Gasteiger partial charge in [0.25, 0.3) is 0 Å². The van der Waals surface area contributed by atoms with Crippen LogP contribution in [0.25, 0.3) is 6.08 Å². The first-order chi connectivity index (χ1) is 5.74. The summed E-state index contributed by atoms with van der Waals surface area (Å²) < 4.78 is 0. The minimum Gasteiger partial charge on any atom is -0.507 e. The second-order valence-corrected chi connectivity index (χ2v) is 2.72. The Labute approximate surface area is 75.7 Å². The standard InChI is InChI=1S/C9H9ClO2/c10-8-3-4-9(12)7(6-8)2-1-5-11/h1-4,6,11-12H,5H2. The van der Waals surface area contributed by atoms with E-state index in [2.05, 4.69) is 0 Å². The second kappa shape index (κ2) is 4.14. The molecule has 1 rings (SSSR count). The van der Waals surface area contributed by atoms with Crippen LogP contribution < -0.4 is 0 Å². The zero-order valence-electron chi connectivity index (χ0n) is 6.37. The number of rotatable bonds is 2. The van der Waals surface area contributed by atoms with Crippen molar-refractivity contribution < 1.29 is 10.2 Å². The zero-order chi connectivity index (χ0) is 8.97. The quantitative estimate of drug-likeness (QED) is 0.739. The van der Waals surface area contributed by atoms with E-state index in [1.165, 1.54) is 12.1 Å². The third kappa shape index (κ3) is 2.26. The van der Waals surface area contributed by atoms with Gasteiger partial charge < -0.3 is 10.2 Å². The molecule has 64 valence electrons. The number of phenols is 1. The highest BCUT2D eigenvalue weighted by Gasteiger charge is 1.96. The van der Waals surface area contributed by atoms with Crippen molar-refractivity contribution in [1.29, 1.82) is 0 Å². The fourth-order valence-electron chi connectivity index (χ4n) is 0.839. The van der Waals surface area contributed by atoms with Gasteiger partial charge in [-0.15, -0.1) is 0 Å². The van der Waals surface area contributed by atoms with Crippen LogP contribution in [0.1, 0.15) is 5.56 Å². The summed E-state index contributed by atoms with van der Waals surface area (Å²) in [4.78, 5) is 0. The van der Waals surface area contributed by atoms with E-state index in [9.17, 15) is 5.11 Å². The van der Waals surface area contributed by atoms with E-state index in [4.69, 9.17) is 16.7 Å². The van der Waals surface area contributed by atoms with Crippen molar-refractivity contribution >= 4 is 17.7 Å². The molecule has 0 spiro atoms. The number of halogens is 1. The Morgan fingerprint density at radius 1 is 1.42 bits per heavy atom. The van der Waals surface area contributed by atoms with Crippen LogP contribution >= 0.6 is 11.6 Å². The number of hydrogen-bond donors (Lipinski definition) is 2. The number of aromatic hydroxyl groups is 1. The van der Waals surface area contributed by atoms with Gasteiger partial charge in [-0.3, -0.25) is 0 Å². The van der Waals surface area contributed by atoms with Gasteiger partial charge in [-0.05, 0) is 18.2 Å². The molecule has 0 saturated carbocycles. The SMILES string of the molecule is OCC=Cc1cc(Cl)ccc1O. The molecule has 0 atom stereocenters. The smallest absolute Gasteiger partial charge is 0.122 e. The van der Waals surface area contributed by atoms with Crippen molar-refractivity contribution in [3.8, 4) is 5.75 Å². The molecule has 0 saturated heterocycles. The lowest BCUT2D eigenvalue weighted by Gasteiger charge is -1.98. The van der Waals surface area contributed by atoms with Crippen LogP contribution in [0.15, 0.2) is 24.3 Å². The molecule has 0 radical (unpaired) electrons. The average molecular weight is 185 g/mol. The molecule has 0 unspecified atom stereocenters. The minimum absolute atomic E-state index is 0.0496. The Balaban J connectivity index is 2.97. The molecule has 3 heteroatoms. The van der Waals surface area contributed by atoms with Gasteiger partial charge in [0, 0.05) is 10.6 Å². The van der Waals surface area contributed by atoms with E-state index >= 15 is 0 Å². The van der Waals surface area contributed by atoms with E-state index in [0.29, 0.717) is 10.6 Å². The summed E-state index contributed by atoms with van der Waals surface area (Å²) in [5.41, 5.74) is 0.608. The molecular weight excluding hydrogens is 176 g/mol. The number of aliphatic hydroxyl groups is 1. The van der Waals surface area contributed by atoms with Crippen LogP contribution in [0.5, 0.6) is 5.75 Å². The van der Waals surface area contributed by atoms with Crippen molar-refractivity contribution in [3.05, 3.63) is 34.9 Å². The van der Waals surface area contributed by atoms with Gasteiger partial charge in [-0.2, -0.15) is 0 Å². The second-order valence-electron chi connectivity index (χ2n) is 2.29. The summed E-state index contributed by atoms with van der Waals surface area (Å²) in [5, 5.41) is 18.3. The Morgan fingerprint density at radius 3 is 2.83 bits per heavy atom. The lowest BCUT2D eigenvalue weighted by Crippen LogP contribution is -1.76. The number of hydrogen-bond acceptors (Lipinski definition) is 2. The maximum absolute atomic E-state index is 9.27. The first-order valence-corrected chi connectivity index (χ1v) is 3.88. The fraction of sp³-hybridized carbons (Fsp3) is 0.111. The van der Waals surface area contributed by atoms with Crippen molar-refractivity contribution in [3.63, 3.8) is 0 Å². The Hall–Kier alpha value is -0.990. The highest BCUT2D eigenvalue weighted by molar-refractivity contribution is 6.30. The van der Waals surface area contributed by atoms with E-state index < -0.39 is 0 Å². The zero-order valence-corrected chi connectivity index (χ0v) is 7.12. The molecule has 0 bridgehead atoms. The topological polar surface area (TPSA) is 40.5 Å². The fourth-order valence-corrected chi connectivity index (χ4v) is 1.02. The predicted octanol–water partition coefficient (Wildman–Crippen LogP) is 2.05. The van der Waals surface area contributed by atoms with E-state index in [1.807, 2.05) is 0 Å². The molecular formula is C9H9ClO2. The molecule has 1 aromatic rings. The minimum atomic E-state index is -0.0496. The third-order valence-electron chi connectivity index (χ3n) is 1.39. The molecule has 0 aliphatic heterocycles. The van der Waals surface area contributed by atoms with E-state index in [-0.39, 0.29) is 12.4 Å². The van der Waals surface area contributed by atoms with Gasteiger partial charge in [0.2, 0.25) is 0 Å². The van der Waals surface area contributed by atoms with Gasteiger partial charge in [-0.1, -0.05) is 23.8 Å². The van der Waals surface area contributed by atoms with Crippen LogP contribution in [0, 0.1) is 0 Å². The molecule has 2 N–H and O–H groups in total. The maximum Gasteiger partial charge on any atom is 0.122 e. The Morgan fingerprint density at radius 2 is 2.17 bits per heavy atom. The van der Waals surface area contributed by atoms with Crippen molar-refractivity contribution in [2.24, 2.45) is 0 Å². The lowest BCUT2D eigenvalue weighted by atomic mass is 10.2. The van der Waals surface area contributed by atoms with Crippen LogP contribution in [0.2, 0.25) is 5.02 Å². The molecule has 1 aromatic carbocycles. The lowest BCUT2D eigenvalue weighted by molar-refractivity contribution is 0.343. The third-order valence-corrected chi connectivity index (χ3v) is 1.63. The summed E-state index contributed by atoms with van der Waals surface area (Å²) in [6.07, 6.45) is 3.15. The molecule has 12 heavy (non-hydrogen) atoms. The van der Waals surface area contributed by atoms with Crippen LogP contribution in [0.3, 0.4) is 0 Å². The number of phenolic OH excluding ortho intramolecular Hbond substituents is 1. The molecule has 0 aliphatic rings. The van der Waals surface area contributed by atoms with Crippen molar-refractivity contribution in [1.82, 2.24) is 0 Å². The van der Waals surface area contributed by atoms with E-state index in [1.54, 1.807) is 18.2 Å². The highest BCUT2D eigenvalue weighted by atomic mass is 35.5. The molecule has 0 aliphatic carbocycles. The van der Waals surface area contributed by atoms with Crippen molar-refractivity contribution in [2.75, 3.05) is 6.61 Å². The number of aliphatic hydroxyl groups excluding tert-OH is 1. The van der Waals surface area contributed by atoms with Crippen LogP contribution in [0.4, 0.5) is 0 Å². The summed E-state index contributed by atoms with van der Waals surface area (Å²) in [7, 11) is 0. The van der Waals surface area contributed by atoms with E-state index in [0.717, 1.165) is 0 Å².